The van der Waals surface area contributed by atoms with Crippen molar-refractivity contribution in [2.45, 2.75) is 31.7 Å². The average Bonchev–Trinajstić information content (AvgIpc) is 2.67. The number of ketones is 1. The van der Waals surface area contributed by atoms with E-state index in [-0.39, 0.29) is 22.8 Å². The van der Waals surface area contributed by atoms with Crippen molar-refractivity contribution in [3.63, 3.8) is 0 Å². The lowest BCUT2D eigenvalue weighted by Crippen LogP contribution is -2.51. The highest BCUT2D eigenvalue weighted by Gasteiger charge is 2.57. The van der Waals surface area contributed by atoms with Gasteiger partial charge in [0.2, 0.25) is 0 Å². The number of rotatable bonds is 6. The van der Waals surface area contributed by atoms with Gasteiger partial charge in [-0.2, -0.15) is 8.78 Å². The Labute approximate surface area is 175 Å². The molecule has 3 heterocycles. The third-order valence-electron chi connectivity index (χ3n) is 4.55. The van der Waals surface area contributed by atoms with Gasteiger partial charge in [0.1, 0.15) is 23.0 Å². The number of amidine groups is 1. The first kappa shape index (κ1) is 21.8. The highest BCUT2D eigenvalue weighted by molar-refractivity contribution is 6.33. The fourth-order valence-corrected chi connectivity index (χ4v) is 3.17. The van der Waals surface area contributed by atoms with E-state index >= 15 is 0 Å². The molecule has 0 spiro atoms. The predicted octanol–water partition coefficient (Wildman–Crippen LogP) is 3.29. The Bertz CT molecular complexity index is 1020. The minimum absolute atomic E-state index is 0.0421. The van der Waals surface area contributed by atoms with Gasteiger partial charge in [0.05, 0.1) is 24.2 Å². The molecule has 0 unspecified atom stereocenters. The van der Waals surface area contributed by atoms with Crippen LogP contribution in [0.1, 0.15) is 35.7 Å². The normalized spacial score (nSPS) is 20.3. The Morgan fingerprint density at radius 2 is 2.13 bits per heavy atom. The van der Waals surface area contributed by atoms with E-state index in [0.29, 0.717) is 12.4 Å². The summed E-state index contributed by atoms with van der Waals surface area (Å²) in [7, 11) is 0. The van der Waals surface area contributed by atoms with Crippen molar-refractivity contribution in [1.29, 1.82) is 0 Å². The van der Waals surface area contributed by atoms with E-state index in [4.69, 9.17) is 22.1 Å². The van der Waals surface area contributed by atoms with Crippen molar-refractivity contribution in [2.24, 2.45) is 10.7 Å². The van der Waals surface area contributed by atoms with Crippen LogP contribution in [-0.2, 0) is 16.7 Å². The van der Waals surface area contributed by atoms with Crippen LogP contribution in [0.3, 0.4) is 0 Å². The molecule has 0 aliphatic carbocycles. The Morgan fingerprint density at radius 1 is 1.40 bits per heavy atom. The molecule has 0 radical (unpaired) electrons. The smallest absolute Gasteiger partial charge is 0.311 e. The van der Waals surface area contributed by atoms with Crippen LogP contribution < -0.4 is 10.5 Å². The Hall–Kier alpha value is -2.88. The first-order chi connectivity index (χ1) is 14.1. The van der Waals surface area contributed by atoms with Crippen LogP contribution in [0.25, 0.3) is 0 Å². The molecule has 3 rings (SSSR count). The molecule has 2 aromatic rings. The SMILES string of the molecule is CCOc1cnc(C(=O)Cc2ccc(F)c([C@@]3(C)N=C(N)OCC3(F)F)n2)c(Cl)c1. The summed E-state index contributed by atoms with van der Waals surface area (Å²) in [5.74, 6) is -4.72. The molecule has 1 atom stereocenters. The number of alkyl halides is 2. The van der Waals surface area contributed by atoms with Crippen molar-refractivity contribution in [3.8, 4) is 5.75 Å². The maximum absolute atomic E-state index is 14.5. The Morgan fingerprint density at radius 3 is 2.80 bits per heavy atom. The van der Waals surface area contributed by atoms with Crippen molar-refractivity contribution in [3.05, 3.63) is 52.3 Å². The highest BCUT2D eigenvalue weighted by atomic mass is 35.5. The summed E-state index contributed by atoms with van der Waals surface area (Å²) < 4.78 is 53.3. The first-order valence-corrected chi connectivity index (χ1v) is 9.28. The van der Waals surface area contributed by atoms with Gasteiger partial charge in [0.15, 0.2) is 17.9 Å². The topological polar surface area (TPSA) is 99.7 Å². The monoisotopic (exact) mass is 442 g/mol. The van der Waals surface area contributed by atoms with Crippen LogP contribution in [-0.4, -0.2) is 40.9 Å². The van der Waals surface area contributed by atoms with Gasteiger partial charge >= 0.3 is 5.92 Å². The summed E-state index contributed by atoms with van der Waals surface area (Å²) in [6.45, 7) is 2.11. The van der Waals surface area contributed by atoms with Crippen LogP contribution in [0.4, 0.5) is 13.2 Å². The lowest BCUT2D eigenvalue weighted by molar-refractivity contribution is -0.118. The predicted molar refractivity (Wildman–Crippen MR) is 103 cm³/mol. The largest absolute Gasteiger partial charge is 0.492 e. The van der Waals surface area contributed by atoms with Crippen molar-refractivity contribution >= 4 is 23.4 Å². The van der Waals surface area contributed by atoms with Gasteiger partial charge in [-0.15, -0.1) is 0 Å². The van der Waals surface area contributed by atoms with Gasteiger partial charge in [-0.1, -0.05) is 11.6 Å². The second-order valence-electron chi connectivity index (χ2n) is 6.68. The highest BCUT2D eigenvalue weighted by Crippen LogP contribution is 2.43. The van der Waals surface area contributed by atoms with Gasteiger partial charge < -0.3 is 15.2 Å². The summed E-state index contributed by atoms with van der Waals surface area (Å²) in [4.78, 5) is 24.1. The molecule has 160 valence electrons. The van der Waals surface area contributed by atoms with Crippen LogP contribution in [0, 0.1) is 5.82 Å². The van der Waals surface area contributed by atoms with Gasteiger partial charge in [-0.3, -0.25) is 9.78 Å². The molecule has 0 saturated carbocycles. The summed E-state index contributed by atoms with van der Waals surface area (Å²) in [6, 6.07) is 3.10. The van der Waals surface area contributed by atoms with Crippen LogP contribution >= 0.6 is 11.6 Å². The van der Waals surface area contributed by atoms with E-state index in [1.54, 1.807) is 6.92 Å². The molecule has 0 bridgehead atoms. The third-order valence-corrected chi connectivity index (χ3v) is 4.83. The summed E-state index contributed by atoms with van der Waals surface area (Å²) >= 11 is 6.09. The number of hydrogen-bond donors (Lipinski definition) is 1. The summed E-state index contributed by atoms with van der Waals surface area (Å²) in [6.07, 6.45) is 0.999. The third kappa shape index (κ3) is 4.04. The molecule has 0 amide bonds. The molecule has 0 fully saturated rings. The van der Waals surface area contributed by atoms with Crippen LogP contribution in [0.5, 0.6) is 5.75 Å². The van der Waals surface area contributed by atoms with E-state index < -0.39 is 41.4 Å². The number of hydrogen-bond acceptors (Lipinski definition) is 7. The number of Topliss-reactive ketones (excluding diaryl/α,β-unsaturated/α-hetero) is 1. The van der Waals surface area contributed by atoms with Gasteiger partial charge in [-0.25, -0.2) is 14.4 Å². The molecule has 1 aliphatic heterocycles. The van der Waals surface area contributed by atoms with E-state index in [0.717, 1.165) is 13.0 Å². The number of nitrogens with zero attached hydrogens (tertiary/aromatic N) is 3. The number of halogens is 4. The molecule has 2 N–H and O–H groups in total. The second-order valence-corrected chi connectivity index (χ2v) is 7.09. The quantitative estimate of drug-likeness (QED) is 0.689. The number of carbonyl (C=O) groups excluding carboxylic acids is 1. The van der Waals surface area contributed by atoms with Gasteiger partial charge in [0, 0.05) is 11.8 Å². The van der Waals surface area contributed by atoms with E-state index in [2.05, 4.69) is 19.7 Å². The fraction of sp³-hybridized carbons (Fsp3) is 0.368. The van der Waals surface area contributed by atoms with E-state index in [9.17, 15) is 18.0 Å². The van der Waals surface area contributed by atoms with Crippen molar-refractivity contribution in [1.82, 2.24) is 9.97 Å². The van der Waals surface area contributed by atoms with Gasteiger partial charge in [-0.05, 0) is 26.0 Å². The first-order valence-electron chi connectivity index (χ1n) is 8.91. The number of aromatic nitrogens is 2. The lowest BCUT2D eigenvalue weighted by atomic mass is 9.88. The summed E-state index contributed by atoms with van der Waals surface area (Å²) in [5, 5.41) is 0.0635. The molecule has 1 aliphatic rings. The summed E-state index contributed by atoms with van der Waals surface area (Å²) in [5.41, 5.74) is 2.38. The standard InChI is InChI=1S/C19H18ClF3N4O3/c1-3-29-11-7-12(20)15(25-8-11)14(28)6-10-4-5-13(21)16(26-10)18(2)19(22,23)9-30-17(24)27-18/h4-5,7-8H,3,6,9H2,1-2H3,(H2,24,27)/t18-/m1/s1. The zero-order valence-corrected chi connectivity index (χ0v) is 16.8. The molecule has 2 aromatic heterocycles. The number of carbonyl (C=O) groups is 1. The molecule has 0 saturated heterocycles. The van der Waals surface area contributed by atoms with E-state index in [1.165, 1.54) is 18.3 Å². The maximum Gasteiger partial charge on any atom is 0.311 e. The minimum Gasteiger partial charge on any atom is -0.492 e. The van der Waals surface area contributed by atoms with Gasteiger partial charge in [0.25, 0.3) is 6.02 Å². The van der Waals surface area contributed by atoms with E-state index in [1.807, 2.05) is 0 Å². The number of ether oxygens (including phenoxy) is 2. The lowest BCUT2D eigenvalue weighted by Gasteiger charge is -2.36. The zero-order valence-electron chi connectivity index (χ0n) is 16.1. The van der Waals surface area contributed by atoms with Crippen LogP contribution in [0.15, 0.2) is 29.4 Å². The van der Waals surface area contributed by atoms with Crippen LogP contribution in [0.2, 0.25) is 5.02 Å². The zero-order chi connectivity index (χ0) is 22.1. The maximum atomic E-state index is 14.5. The second kappa shape index (κ2) is 8.10. The Kier molecular flexibility index (Phi) is 5.89. The average molecular weight is 443 g/mol. The number of nitrogens with two attached hydrogens (primary N) is 1. The minimum atomic E-state index is -3.58. The fourth-order valence-electron chi connectivity index (χ4n) is 2.91. The molecule has 11 heteroatoms. The Balaban J connectivity index is 1.93. The van der Waals surface area contributed by atoms with Crippen molar-refractivity contribution < 1.29 is 27.4 Å². The molecular weight excluding hydrogens is 425 g/mol. The van der Waals surface area contributed by atoms with Crippen molar-refractivity contribution in [2.75, 3.05) is 13.2 Å². The number of pyridine rings is 2. The number of aliphatic imine (C=N–C) groups is 1. The molecule has 7 nitrogen and oxygen atoms in total. The molecule has 30 heavy (non-hydrogen) atoms. The molecule has 0 aromatic carbocycles. The molecular formula is C19H18ClF3N4O3.